The average molecular weight is 441 g/mol. The van der Waals surface area contributed by atoms with Crippen molar-refractivity contribution in [1.82, 2.24) is 24.6 Å². The Morgan fingerprint density at radius 3 is 2.74 bits per heavy atom. The van der Waals surface area contributed by atoms with E-state index in [0.717, 1.165) is 23.4 Å². The zero-order valence-corrected chi connectivity index (χ0v) is 19.0. The summed E-state index contributed by atoms with van der Waals surface area (Å²) in [5, 5.41) is 17.2. The molecule has 1 atom stereocenters. The predicted molar refractivity (Wildman–Crippen MR) is 121 cm³/mol. The van der Waals surface area contributed by atoms with E-state index in [1.165, 1.54) is 11.8 Å². The Morgan fingerprint density at radius 2 is 2.03 bits per heavy atom. The fourth-order valence-corrected chi connectivity index (χ4v) is 4.99. The van der Waals surface area contributed by atoms with Gasteiger partial charge < -0.3 is 9.64 Å². The fraction of sp³-hybridized carbons (Fsp3) is 0.455. The van der Waals surface area contributed by atoms with Gasteiger partial charge in [0, 0.05) is 18.8 Å². The fourth-order valence-electron chi connectivity index (χ4n) is 3.88. The van der Waals surface area contributed by atoms with Crippen molar-refractivity contribution in [3.63, 3.8) is 0 Å². The van der Waals surface area contributed by atoms with Crippen molar-refractivity contribution < 1.29 is 9.53 Å². The molecule has 3 heterocycles. The number of hydrogen-bond donors (Lipinski definition) is 2. The molecule has 0 aliphatic carbocycles. The van der Waals surface area contributed by atoms with Crippen molar-refractivity contribution in [3.05, 3.63) is 41.0 Å². The van der Waals surface area contributed by atoms with Crippen LogP contribution in [-0.4, -0.2) is 62.1 Å². The summed E-state index contributed by atoms with van der Waals surface area (Å²) in [4.78, 5) is 19.9. The predicted octanol–water partition coefficient (Wildman–Crippen LogP) is 2.83. The van der Waals surface area contributed by atoms with Crippen LogP contribution < -0.4 is 5.49 Å². The molecular weight excluding hydrogens is 412 g/mol. The lowest BCUT2D eigenvalue weighted by Crippen LogP contribution is -2.44. The first kappa shape index (κ1) is 21.6. The van der Waals surface area contributed by atoms with Crippen molar-refractivity contribution in [2.24, 2.45) is 0 Å². The van der Waals surface area contributed by atoms with Crippen LogP contribution in [-0.2, 0) is 16.0 Å². The van der Waals surface area contributed by atoms with Gasteiger partial charge in [0.25, 0.3) is 0 Å². The summed E-state index contributed by atoms with van der Waals surface area (Å²) >= 11 is 1.42. The molecule has 1 saturated heterocycles. The number of fused-ring (bicyclic) bond motifs is 1. The van der Waals surface area contributed by atoms with Crippen LogP contribution in [0.1, 0.15) is 31.5 Å². The molecule has 0 bridgehead atoms. The van der Waals surface area contributed by atoms with Crippen molar-refractivity contribution in [2.75, 3.05) is 26.3 Å². The minimum Gasteiger partial charge on any atom is -0.378 e. The first-order valence-corrected chi connectivity index (χ1v) is 11.6. The maximum Gasteiger partial charge on any atom is 0.236 e. The molecule has 1 fully saturated rings. The lowest BCUT2D eigenvalue weighted by Gasteiger charge is -2.30. The van der Waals surface area contributed by atoms with Crippen LogP contribution in [0.4, 0.5) is 0 Å². The number of nitrogens with one attached hydrogen (secondary N) is 2. The maximum absolute atomic E-state index is 13.2. The van der Waals surface area contributed by atoms with Crippen LogP contribution in [0.3, 0.4) is 0 Å². The van der Waals surface area contributed by atoms with Crippen LogP contribution >= 0.6 is 11.8 Å². The van der Waals surface area contributed by atoms with Crippen molar-refractivity contribution in [2.45, 2.75) is 44.0 Å². The third kappa shape index (κ3) is 4.12. The Morgan fingerprint density at radius 1 is 1.29 bits per heavy atom. The smallest absolute Gasteiger partial charge is 0.236 e. The van der Waals surface area contributed by atoms with Gasteiger partial charge in [-0.05, 0) is 31.4 Å². The Kier molecular flexibility index (Phi) is 6.43. The number of carbonyl (C=O) groups is 1. The second-order valence-corrected chi connectivity index (χ2v) is 8.73. The van der Waals surface area contributed by atoms with Gasteiger partial charge in [-0.3, -0.25) is 19.9 Å². The standard InChI is InChI=1S/C22H28N6O2S/c1-4-15-8-6-7-9-16(15)28-19(23)18-14(3)25-26-20(18)24-22(28)31-17(5-2)21(29)27-10-12-30-13-11-27/h6-9,17,23H,4-5,10-13H2,1-3H3,(H,25,26)/t17-/m1/s1. The molecule has 2 aromatic heterocycles. The summed E-state index contributed by atoms with van der Waals surface area (Å²) in [7, 11) is 0. The summed E-state index contributed by atoms with van der Waals surface area (Å²) in [6.07, 6.45) is 1.50. The van der Waals surface area contributed by atoms with Gasteiger partial charge in [-0.1, -0.05) is 43.8 Å². The van der Waals surface area contributed by atoms with E-state index in [4.69, 9.17) is 15.1 Å². The second kappa shape index (κ2) is 9.23. The lowest BCUT2D eigenvalue weighted by atomic mass is 10.1. The van der Waals surface area contributed by atoms with Crippen LogP contribution in [0, 0.1) is 12.3 Å². The van der Waals surface area contributed by atoms with Crippen molar-refractivity contribution >= 4 is 28.7 Å². The number of para-hydroxylation sites is 1. The molecule has 1 amide bonds. The largest absolute Gasteiger partial charge is 0.378 e. The molecule has 3 aromatic rings. The van der Waals surface area contributed by atoms with Crippen LogP contribution in [0.5, 0.6) is 0 Å². The molecule has 31 heavy (non-hydrogen) atoms. The average Bonchev–Trinajstić information content (AvgIpc) is 3.18. The highest BCUT2D eigenvalue weighted by molar-refractivity contribution is 8.00. The van der Waals surface area contributed by atoms with Crippen LogP contribution in [0.25, 0.3) is 16.7 Å². The molecule has 2 N–H and O–H groups in total. The van der Waals surface area contributed by atoms with Gasteiger partial charge in [-0.15, -0.1) is 0 Å². The highest BCUT2D eigenvalue weighted by Crippen LogP contribution is 2.29. The zero-order chi connectivity index (χ0) is 22.0. The number of carbonyl (C=O) groups excluding carboxylic acids is 1. The minimum absolute atomic E-state index is 0.0952. The van der Waals surface area contributed by atoms with Gasteiger partial charge in [0.15, 0.2) is 10.8 Å². The number of nitrogens with zero attached hydrogens (tertiary/aromatic N) is 4. The van der Waals surface area contributed by atoms with Gasteiger partial charge in [-0.25, -0.2) is 4.98 Å². The maximum atomic E-state index is 13.2. The summed E-state index contributed by atoms with van der Waals surface area (Å²) in [6, 6.07) is 8.05. The lowest BCUT2D eigenvalue weighted by molar-refractivity contribution is -0.134. The van der Waals surface area contributed by atoms with E-state index in [0.29, 0.717) is 54.4 Å². The highest BCUT2D eigenvalue weighted by Gasteiger charge is 2.28. The van der Waals surface area contributed by atoms with Gasteiger partial charge in [-0.2, -0.15) is 5.10 Å². The number of ether oxygens (including phenoxy) is 1. The molecule has 1 aliphatic rings. The summed E-state index contributed by atoms with van der Waals surface area (Å²) < 4.78 is 7.26. The number of hydrogen-bond acceptors (Lipinski definition) is 6. The molecule has 9 heteroatoms. The molecular formula is C22H28N6O2S. The van der Waals surface area contributed by atoms with Crippen LogP contribution in [0.15, 0.2) is 29.4 Å². The Labute approximate surface area is 185 Å². The second-order valence-electron chi connectivity index (χ2n) is 7.56. The number of aryl methyl sites for hydroxylation is 2. The number of morpholine rings is 1. The first-order valence-electron chi connectivity index (χ1n) is 10.7. The van der Waals surface area contributed by atoms with E-state index in [2.05, 4.69) is 23.2 Å². The van der Waals surface area contributed by atoms with E-state index in [9.17, 15) is 4.79 Å². The SMILES string of the molecule is CCc1ccccc1-n1c(S[C@H](CC)C(=O)N2CCOCC2)nc2n[nH]c(C)c2c1=N. The van der Waals surface area contributed by atoms with Gasteiger partial charge in [0.05, 0.1) is 29.5 Å². The number of aromatic amines is 1. The Balaban J connectivity index is 1.82. The Hall–Kier alpha value is -2.65. The monoisotopic (exact) mass is 440 g/mol. The number of rotatable bonds is 6. The number of thioether (sulfide) groups is 1. The first-order chi connectivity index (χ1) is 15.0. The highest BCUT2D eigenvalue weighted by atomic mass is 32.2. The van der Waals surface area contributed by atoms with Crippen LogP contribution in [0.2, 0.25) is 0 Å². The molecule has 0 radical (unpaired) electrons. The summed E-state index contributed by atoms with van der Waals surface area (Å²) in [6.45, 7) is 8.39. The van der Waals surface area contributed by atoms with E-state index in [-0.39, 0.29) is 11.2 Å². The molecule has 164 valence electrons. The topological polar surface area (TPSA) is 99.9 Å². The Bertz CT molecular complexity index is 1150. The zero-order valence-electron chi connectivity index (χ0n) is 18.1. The summed E-state index contributed by atoms with van der Waals surface area (Å²) in [5.74, 6) is 0.0952. The quantitative estimate of drug-likeness (QED) is 0.454. The number of benzene rings is 1. The summed E-state index contributed by atoms with van der Waals surface area (Å²) in [5.41, 5.74) is 3.68. The normalized spacial score (nSPS) is 15.4. The van der Waals surface area contributed by atoms with E-state index in [1.807, 2.05) is 41.5 Å². The number of H-pyrrole nitrogens is 1. The minimum atomic E-state index is -0.289. The van der Waals surface area contributed by atoms with Gasteiger partial charge in [0.1, 0.15) is 5.49 Å². The molecule has 0 unspecified atom stereocenters. The number of aromatic nitrogens is 4. The van der Waals surface area contributed by atoms with Gasteiger partial charge in [0.2, 0.25) is 5.91 Å². The molecule has 1 aliphatic heterocycles. The van der Waals surface area contributed by atoms with E-state index >= 15 is 0 Å². The number of amides is 1. The molecule has 8 nitrogen and oxygen atoms in total. The van der Waals surface area contributed by atoms with E-state index in [1.54, 1.807) is 0 Å². The molecule has 4 rings (SSSR count). The van der Waals surface area contributed by atoms with Gasteiger partial charge >= 0.3 is 0 Å². The molecule has 0 saturated carbocycles. The molecule has 1 aromatic carbocycles. The van der Waals surface area contributed by atoms with Crippen molar-refractivity contribution in [3.8, 4) is 5.69 Å². The third-order valence-electron chi connectivity index (χ3n) is 5.61. The molecule has 0 spiro atoms. The van der Waals surface area contributed by atoms with Crippen molar-refractivity contribution in [1.29, 1.82) is 5.41 Å². The third-order valence-corrected chi connectivity index (χ3v) is 6.92. The van der Waals surface area contributed by atoms with E-state index < -0.39 is 0 Å².